The molecule has 0 saturated heterocycles. The SMILES string of the molecule is CCC(C(=O)O)N(C)C(=O)c1ccc(Br)cc1O. The van der Waals surface area contributed by atoms with Crippen LogP contribution in [-0.2, 0) is 4.79 Å². The Morgan fingerprint density at radius 3 is 2.50 bits per heavy atom. The van der Waals surface area contributed by atoms with Crippen molar-refractivity contribution in [1.82, 2.24) is 4.90 Å². The standard InChI is InChI=1S/C12H14BrNO4/c1-3-9(12(17)18)14(2)11(16)8-5-4-7(13)6-10(8)15/h4-6,9,15H,3H2,1-2H3,(H,17,18). The van der Waals surface area contributed by atoms with Crippen molar-refractivity contribution in [3.8, 4) is 5.75 Å². The average Bonchev–Trinajstić information content (AvgIpc) is 2.28. The molecule has 0 aliphatic rings. The summed E-state index contributed by atoms with van der Waals surface area (Å²) in [5.41, 5.74) is 0.0837. The molecule has 0 aromatic heterocycles. The number of halogens is 1. The van der Waals surface area contributed by atoms with Crippen molar-refractivity contribution in [3.05, 3.63) is 28.2 Å². The lowest BCUT2D eigenvalue weighted by Crippen LogP contribution is -2.41. The largest absolute Gasteiger partial charge is 0.507 e. The Labute approximate surface area is 113 Å². The second kappa shape index (κ2) is 5.86. The smallest absolute Gasteiger partial charge is 0.326 e. The van der Waals surface area contributed by atoms with Gasteiger partial charge in [-0.15, -0.1) is 0 Å². The summed E-state index contributed by atoms with van der Waals surface area (Å²) >= 11 is 3.17. The number of phenolic OH excluding ortho intramolecular Hbond substituents is 1. The van der Waals surface area contributed by atoms with Crippen molar-refractivity contribution in [3.63, 3.8) is 0 Å². The molecular weight excluding hydrogens is 302 g/mol. The van der Waals surface area contributed by atoms with E-state index >= 15 is 0 Å². The molecule has 1 atom stereocenters. The van der Waals surface area contributed by atoms with E-state index in [1.165, 1.54) is 19.2 Å². The Hall–Kier alpha value is -1.56. The fourth-order valence-corrected chi connectivity index (χ4v) is 1.98. The van der Waals surface area contributed by atoms with Crippen LogP contribution in [0.1, 0.15) is 23.7 Å². The maximum absolute atomic E-state index is 12.1. The monoisotopic (exact) mass is 315 g/mol. The normalized spacial score (nSPS) is 11.9. The number of rotatable bonds is 4. The van der Waals surface area contributed by atoms with Crippen molar-refractivity contribution in [2.75, 3.05) is 7.05 Å². The van der Waals surface area contributed by atoms with Gasteiger partial charge in [0.25, 0.3) is 5.91 Å². The molecule has 0 bridgehead atoms. The number of aliphatic carboxylic acids is 1. The highest BCUT2D eigenvalue weighted by atomic mass is 79.9. The number of carboxylic acid groups (broad SMARTS) is 1. The molecular formula is C12H14BrNO4. The molecule has 5 nitrogen and oxygen atoms in total. The van der Waals surface area contributed by atoms with E-state index in [0.29, 0.717) is 10.9 Å². The molecule has 1 unspecified atom stereocenters. The van der Waals surface area contributed by atoms with Gasteiger partial charge in [-0.2, -0.15) is 0 Å². The third kappa shape index (κ3) is 3.01. The summed E-state index contributed by atoms with van der Waals surface area (Å²) < 4.78 is 0.643. The number of amides is 1. The van der Waals surface area contributed by atoms with Gasteiger partial charge in [-0.3, -0.25) is 4.79 Å². The first-order chi connectivity index (χ1) is 8.38. The number of aromatic hydroxyl groups is 1. The maximum Gasteiger partial charge on any atom is 0.326 e. The first-order valence-corrected chi connectivity index (χ1v) is 6.16. The Morgan fingerprint density at radius 2 is 2.06 bits per heavy atom. The molecule has 0 saturated carbocycles. The minimum atomic E-state index is -1.06. The van der Waals surface area contributed by atoms with Gasteiger partial charge in [-0.05, 0) is 24.6 Å². The van der Waals surface area contributed by atoms with Crippen molar-refractivity contribution in [1.29, 1.82) is 0 Å². The van der Waals surface area contributed by atoms with E-state index in [0.717, 1.165) is 4.90 Å². The Kier molecular flexibility index (Phi) is 4.72. The van der Waals surface area contributed by atoms with Crippen molar-refractivity contribution < 1.29 is 19.8 Å². The second-order valence-electron chi connectivity index (χ2n) is 3.84. The molecule has 2 N–H and O–H groups in total. The van der Waals surface area contributed by atoms with Crippen LogP contribution >= 0.6 is 15.9 Å². The van der Waals surface area contributed by atoms with Crippen LogP contribution in [0.5, 0.6) is 5.75 Å². The van der Waals surface area contributed by atoms with Crippen molar-refractivity contribution in [2.45, 2.75) is 19.4 Å². The van der Waals surface area contributed by atoms with Gasteiger partial charge in [0.05, 0.1) is 5.56 Å². The van der Waals surface area contributed by atoms with Crippen LogP contribution in [0, 0.1) is 0 Å². The van der Waals surface area contributed by atoms with Gasteiger partial charge in [-0.1, -0.05) is 22.9 Å². The number of nitrogens with zero attached hydrogens (tertiary/aromatic N) is 1. The number of carbonyl (C=O) groups is 2. The van der Waals surface area contributed by atoms with E-state index in [1.807, 2.05) is 0 Å². The van der Waals surface area contributed by atoms with Crippen LogP contribution in [0.25, 0.3) is 0 Å². The molecule has 1 aromatic carbocycles. The summed E-state index contributed by atoms with van der Waals surface area (Å²) in [7, 11) is 1.41. The molecule has 6 heteroatoms. The first kappa shape index (κ1) is 14.5. The summed E-state index contributed by atoms with van der Waals surface area (Å²) in [6, 6.07) is 3.55. The lowest BCUT2D eigenvalue weighted by atomic mass is 10.1. The third-order valence-electron chi connectivity index (χ3n) is 2.65. The number of likely N-dealkylation sites (N-methyl/N-ethyl adjacent to an activating group) is 1. The zero-order valence-electron chi connectivity index (χ0n) is 10.1. The van der Waals surface area contributed by atoms with Crippen LogP contribution in [-0.4, -0.2) is 40.1 Å². The highest BCUT2D eigenvalue weighted by Crippen LogP contribution is 2.24. The third-order valence-corrected chi connectivity index (χ3v) is 3.14. The summed E-state index contributed by atoms with van der Waals surface area (Å²) in [5.74, 6) is -1.76. The summed E-state index contributed by atoms with van der Waals surface area (Å²) in [6.07, 6.45) is 0.300. The van der Waals surface area contributed by atoms with Crippen LogP contribution in [0.15, 0.2) is 22.7 Å². The zero-order valence-corrected chi connectivity index (χ0v) is 11.6. The van der Waals surface area contributed by atoms with E-state index in [9.17, 15) is 14.7 Å². The maximum atomic E-state index is 12.1. The lowest BCUT2D eigenvalue weighted by molar-refractivity contribution is -0.142. The molecule has 0 radical (unpaired) electrons. The van der Waals surface area contributed by atoms with E-state index in [1.54, 1.807) is 13.0 Å². The number of phenols is 1. The topological polar surface area (TPSA) is 77.8 Å². The number of benzene rings is 1. The molecule has 0 aliphatic heterocycles. The van der Waals surface area contributed by atoms with E-state index in [4.69, 9.17) is 5.11 Å². The number of hydrogen-bond donors (Lipinski definition) is 2. The summed E-state index contributed by atoms with van der Waals surface area (Å²) in [6.45, 7) is 1.68. The Balaban J connectivity index is 3.02. The highest BCUT2D eigenvalue weighted by Gasteiger charge is 2.26. The van der Waals surface area contributed by atoms with Crippen molar-refractivity contribution >= 4 is 27.8 Å². The van der Waals surface area contributed by atoms with Gasteiger partial charge in [0.1, 0.15) is 11.8 Å². The molecule has 1 rings (SSSR count). The molecule has 0 aliphatic carbocycles. The Morgan fingerprint density at radius 1 is 1.44 bits per heavy atom. The fraction of sp³-hybridized carbons (Fsp3) is 0.333. The molecule has 18 heavy (non-hydrogen) atoms. The Bertz CT molecular complexity index is 475. The molecule has 1 aromatic rings. The van der Waals surface area contributed by atoms with Crippen molar-refractivity contribution in [2.24, 2.45) is 0 Å². The zero-order chi connectivity index (χ0) is 13.9. The van der Waals surface area contributed by atoms with E-state index in [-0.39, 0.29) is 11.3 Å². The average molecular weight is 316 g/mol. The second-order valence-corrected chi connectivity index (χ2v) is 4.76. The van der Waals surface area contributed by atoms with Gasteiger partial charge in [0, 0.05) is 11.5 Å². The highest BCUT2D eigenvalue weighted by molar-refractivity contribution is 9.10. The molecule has 0 heterocycles. The van der Waals surface area contributed by atoms with E-state index in [2.05, 4.69) is 15.9 Å². The quantitative estimate of drug-likeness (QED) is 0.891. The number of carboxylic acids is 1. The summed E-state index contributed by atoms with van der Waals surface area (Å²) in [5, 5.41) is 18.7. The predicted molar refractivity (Wildman–Crippen MR) is 69.6 cm³/mol. The van der Waals surface area contributed by atoms with Crippen LogP contribution in [0.4, 0.5) is 0 Å². The molecule has 1 amide bonds. The van der Waals surface area contributed by atoms with Crippen LogP contribution < -0.4 is 0 Å². The minimum absolute atomic E-state index is 0.0837. The van der Waals surface area contributed by atoms with Crippen LogP contribution in [0.2, 0.25) is 0 Å². The van der Waals surface area contributed by atoms with E-state index < -0.39 is 17.9 Å². The molecule has 0 spiro atoms. The van der Waals surface area contributed by atoms with Gasteiger partial charge < -0.3 is 15.1 Å². The number of carbonyl (C=O) groups excluding carboxylic acids is 1. The van der Waals surface area contributed by atoms with Crippen LogP contribution in [0.3, 0.4) is 0 Å². The fourth-order valence-electron chi connectivity index (χ4n) is 1.63. The number of hydrogen-bond acceptors (Lipinski definition) is 3. The van der Waals surface area contributed by atoms with Gasteiger partial charge in [0.15, 0.2) is 0 Å². The predicted octanol–water partition coefficient (Wildman–Crippen LogP) is 2.09. The first-order valence-electron chi connectivity index (χ1n) is 5.37. The van der Waals surface area contributed by atoms with Gasteiger partial charge in [0.2, 0.25) is 0 Å². The van der Waals surface area contributed by atoms with Gasteiger partial charge in [-0.25, -0.2) is 4.79 Å². The van der Waals surface area contributed by atoms with Gasteiger partial charge >= 0.3 is 5.97 Å². The lowest BCUT2D eigenvalue weighted by Gasteiger charge is -2.24. The molecule has 0 fully saturated rings. The molecule has 98 valence electrons. The minimum Gasteiger partial charge on any atom is -0.507 e. The summed E-state index contributed by atoms with van der Waals surface area (Å²) in [4.78, 5) is 24.2.